The molecule has 9 nitrogen and oxygen atoms in total. The zero-order valence-corrected chi connectivity index (χ0v) is 18.0. The zero-order valence-electron chi connectivity index (χ0n) is 18.0. The van der Waals surface area contributed by atoms with E-state index in [0.29, 0.717) is 17.0 Å². The Morgan fingerprint density at radius 2 is 1.81 bits per heavy atom. The van der Waals surface area contributed by atoms with Crippen molar-refractivity contribution in [1.29, 1.82) is 0 Å². The van der Waals surface area contributed by atoms with Crippen molar-refractivity contribution in [3.8, 4) is 22.6 Å². The van der Waals surface area contributed by atoms with Gasteiger partial charge in [0.05, 0.1) is 11.8 Å². The Bertz CT molecular complexity index is 1260. The molecule has 4 heterocycles. The van der Waals surface area contributed by atoms with Gasteiger partial charge in [-0.2, -0.15) is 5.10 Å². The fourth-order valence-corrected chi connectivity index (χ4v) is 3.88. The number of hydrogen-bond acceptors (Lipinski definition) is 7. The summed E-state index contributed by atoms with van der Waals surface area (Å²) in [5.41, 5.74) is 5.58. The van der Waals surface area contributed by atoms with Crippen LogP contribution in [0, 0.1) is 0 Å². The average molecular weight is 429 g/mol. The molecule has 0 unspecified atom stereocenters. The van der Waals surface area contributed by atoms with E-state index in [1.54, 1.807) is 25.5 Å². The van der Waals surface area contributed by atoms with Crippen LogP contribution in [0.3, 0.4) is 0 Å². The lowest BCUT2D eigenvalue weighted by molar-refractivity contribution is 0.0963. The first-order valence-corrected chi connectivity index (χ1v) is 10.5. The summed E-state index contributed by atoms with van der Waals surface area (Å²) in [6.45, 7) is 4.20. The van der Waals surface area contributed by atoms with Crippen LogP contribution in [-0.4, -0.2) is 76.2 Å². The van der Waals surface area contributed by atoms with Crippen LogP contribution >= 0.6 is 0 Å². The van der Waals surface area contributed by atoms with Gasteiger partial charge >= 0.3 is 0 Å². The molecule has 4 aromatic rings. The molecule has 2 N–H and O–H groups in total. The third-order valence-electron chi connectivity index (χ3n) is 5.80. The number of rotatable bonds is 4. The van der Waals surface area contributed by atoms with Crippen molar-refractivity contribution < 1.29 is 4.79 Å². The predicted molar refractivity (Wildman–Crippen MR) is 123 cm³/mol. The summed E-state index contributed by atoms with van der Waals surface area (Å²) < 4.78 is 0. The number of nitrogens with one attached hydrogen (secondary N) is 2. The summed E-state index contributed by atoms with van der Waals surface area (Å²) in [5.74, 6) is 0.289. The molecule has 1 fully saturated rings. The molecule has 162 valence electrons. The van der Waals surface area contributed by atoms with E-state index >= 15 is 0 Å². The molecule has 0 saturated carbocycles. The van der Waals surface area contributed by atoms with E-state index in [2.05, 4.69) is 66.6 Å². The lowest BCUT2D eigenvalue weighted by Gasteiger charge is -2.34. The molecular formula is C23H24N8O. The second kappa shape index (κ2) is 8.35. The maximum absolute atomic E-state index is 12.0. The molecule has 0 aliphatic carbocycles. The molecule has 1 saturated heterocycles. The highest BCUT2D eigenvalue weighted by atomic mass is 16.1. The number of likely N-dealkylation sites (N-methyl/N-ethyl adjacent to an activating group) is 1. The van der Waals surface area contributed by atoms with Crippen LogP contribution in [0.1, 0.15) is 10.4 Å². The summed E-state index contributed by atoms with van der Waals surface area (Å²) in [6.07, 6.45) is 4.88. The number of piperazine rings is 1. The first-order valence-electron chi connectivity index (χ1n) is 10.5. The van der Waals surface area contributed by atoms with Crippen LogP contribution < -0.4 is 10.2 Å². The number of aromatic nitrogens is 5. The maximum Gasteiger partial charge on any atom is 0.252 e. The lowest BCUT2D eigenvalue weighted by atomic mass is 10.1. The molecule has 1 aliphatic heterocycles. The van der Waals surface area contributed by atoms with Crippen LogP contribution in [0.15, 0.2) is 48.9 Å². The molecule has 32 heavy (non-hydrogen) atoms. The van der Waals surface area contributed by atoms with Crippen LogP contribution in [0.4, 0.5) is 5.69 Å². The van der Waals surface area contributed by atoms with Gasteiger partial charge in [-0.25, -0.2) is 9.97 Å². The minimum Gasteiger partial charge on any atom is -0.369 e. The summed E-state index contributed by atoms with van der Waals surface area (Å²) >= 11 is 0. The number of aromatic amines is 1. The standard InChI is InChI=1S/C23H24N8O/c1-24-23(32)17-11-16(12-25-13-17)22-26-14-19-21(27-22)20(29-28-19)15-3-5-18(6-4-15)31-9-7-30(2)8-10-31/h3-6,11-14H,7-10H2,1-2H3,(H,24,32)(H,28,29). The first kappa shape index (κ1) is 20.1. The second-order valence-electron chi connectivity index (χ2n) is 7.91. The van der Waals surface area contributed by atoms with E-state index in [1.165, 1.54) is 11.9 Å². The number of amides is 1. The molecule has 0 spiro atoms. The summed E-state index contributed by atoms with van der Waals surface area (Å²) in [4.78, 5) is 30.0. The smallest absolute Gasteiger partial charge is 0.252 e. The van der Waals surface area contributed by atoms with Gasteiger partial charge in [-0.3, -0.25) is 14.9 Å². The molecule has 5 rings (SSSR count). The van der Waals surface area contributed by atoms with E-state index in [0.717, 1.165) is 48.5 Å². The molecule has 0 atom stereocenters. The second-order valence-corrected chi connectivity index (χ2v) is 7.91. The number of pyridine rings is 1. The van der Waals surface area contributed by atoms with Gasteiger partial charge in [0.2, 0.25) is 0 Å². The van der Waals surface area contributed by atoms with Crippen molar-refractivity contribution in [2.45, 2.75) is 0 Å². The number of nitrogens with zero attached hydrogens (tertiary/aromatic N) is 6. The Labute approximate surface area is 185 Å². The molecule has 9 heteroatoms. The Morgan fingerprint density at radius 3 is 2.56 bits per heavy atom. The summed E-state index contributed by atoms with van der Waals surface area (Å²) in [7, 11) is 3.74. The quantitative estimate of drug-likeness (QED) is 0.514. The highest BCUT2D eigenvalue weighted by Gasteiger charge is 2.16. The number of carbonyl (C=O) groups is 1. The summed E-state index contributed by atoms with van der Waals surface area (Å²) in [5, 5.41) is 10.1. The number of carbonyl (C=O) groups excluding carboxylic acids is 1. The molecule has 3 aromatic heterocycles. The fraction of sp³-hybridized carbons (Fsp3) is 0.261. The highest BCUT2D eigenvalue weighted by Crippen LogP contribution is 2.28. The zero-order chi connectivity index (χ0) is 22.1. The lowest BCUT2D eigenvalue weighted by Crippen LogP contribution is -2.44. The fourth-order valence-electron chi connectivity index (χ4n) is 3.88. The topological polar surface area (TPSA) is 103 Å². The molecule has 1 amide bonds. The molecular weight excluding hydrogens is 404 g/mol. The average Bonchev–Trinajstić information content (AvgIpc) is 3.27. The van der Waals surface area contributed by atoms with E-state index in [9.17, 15) is 4.79 Å². The minimum atomic E-state index is -0.204. The number of fused-ring (bicyclic) bond motifs is 1. The van der Waals surface area contributed by atoms with Gasteiger partial charge in [0.1, 0.15) is 16.7 Å². The minimum absolute atomic E-state index is 0.204. The van der Waals surface area contributed by atoms with Gasteiger partial charge in [0.25, 0.3) is 5.91 Å². The molecule has 1 aliphatic rings. The molecule has 0 radical (unpaired) electrons. The van der Waals surface area contributed by atoms with Crippen LogP contribution in [0.5, 0.6) is 0 Å². The summed E-state index contributed by atoms with van der Waals surface area (Å²) in [6, 6.07) is 10.2. The van der Waals surface area contributed by atoms with E-state index in [1.807, 2.05) is 0 Å². The SMILES string of the molecule is CNC(=O)c1cncc(-c2ncc3[nH]nc(-c4ccc(N5CCN(C)CC5)cc4)c3n2)c1. The van der Waals surface area contributed by atoms with Gasteiger partial charge < -0.3 is 15.1 Å². The van der Waals surface area contributed by atoms with Gasteiger partial charge in [-0.1, -0.05) is 12.1 Å². The Balaban J connectivity index is 1.46. The van der Waals surface area contributed by atoms with Gasteiger partial charge in [-0.15, -0.1) is 0 Å². The van der Waals surface area contributed by atoms with Crippen molar-refractivity contribution in [1.82, 2.24) is 35.4 Å². The van der Waals surface area contributed by atoms with Crippen LogP contribution in [0.2, 0.25) is 0 Å². The monoisotopic (exact) mass is 428 g/mol. The third kappa shape index (κ3) is 3.78. The first-order chi connectivity index (χ1) is 15.6. The van der Waals surface area contributed by atoms with Gasteiger partial charge in [-0.05, 0) is 25.2 Å². The normalized spacial score (nSPS) is 14.6. The van der Waals surface area contributed by atoms with Crippen molar-refractivity contribution >= 4 is 22.6 Å². The Morgan fingerprint density at radius 1 is 1.03 bits per heavy atom. The van der Waals surface area contributed by atoms with Crippen molar-refractivity contribution in [3.63, 3.8) is 0 Å². The van der Waals surface area contributed by atoms with Crippen molar-refractivity contribution in [2.75, 3.05) is 45.2 Å². The van der Waals surface area contributed by atoms with E-state index in [4.69, 9.17) is 4.98 Å². The van der Waals surface area contributed by atoms with Crippen molar-refractivity contribution in [2.24, 2.45) is 0 Å². The van der Waals surface area contributed by atoms with Crippen LogP contribution in [0.25, 0.3) is 33.7 Å². The Hall–Kier alpha value is -3.85. The number of anilines is 1. The number of hydrogen-bond donors (Lipinski definition) is 2. The molecule has 0 bridgehead atoms. The number of benzene rings is 1. The van der Waals surface area contributed by atoms with E-state index in [-0.39, 0.29) is 5.91 Å². The van der Waals surface area contributed by atoms with Gasteiger partial charge in [0, 0.05) is 62.4 Å². The van der Waals surface area contributed by atoms with E-state index < -0.39 is 0 Å². The predicted octanol–water partition coefficient (Wildman–Crippen LogP) is 2.19. The maximum atomic E-state index is 12.0. The highest BCUT2D eigenvalue weighted by molar-refractivity contribution is 5.95. The largest absolute Gasteiger partial charge is 0.369 e. The third-order valence-corrected chi connectivity index (χ3v) is 5.80. The van der Waals surface area contributed by atoms with Gasteiger partial charge in [0.15, 0.2) is 5.82 Å². The van der Waals surface area contributed by atoms with Crippen LogP contribution in [-0.2, 0) is 0 Å². The number of H-pyrrole nitrogens is 1. The van der Waals surface area contributed by atoms with Crippen molar-refractivity contribution in [3.05, 3.63) is 54.5 Å². The Kier molecular flexibility index (Phi) is 5.24. The molecule has 1 aromatic carbocycles.